The smallest absolute Gasteiger partial charge is 0.271 e. The van der Waals surface area contributed by atoms with E-state index in [-0.39, 0.29) is 5.91 Å². The van der Waals surface area contributed by atoms with E-state index in [1.54, 1.807) is 19.2 Å². The molecule has 0 aromatic heterocycles. The molecule has 0 atom stereocenters. The second kappa shape index (κ2) is 9.67. The van der Waals surface area contributed by atoms with Crippen LogP contribution in [0.15, 0.2) is 21.7 Å². The molecule has 5 nitrogen and oxygen atoms in total. The number of hydrogen-bond acceptors (Lipinski definition) is 4. The zero-order valence-electron chi connectivity index (χ0n) is 14.4. The van der Waals surface area contributed by atoms with Crippen LogP contribution >= 0.6 is 15.9 Å². The van der Waals surface area contributed by atoms with Gasteiger partial charge in [-0.25, -0.2) is 5.43 Å². The van der Waals surface area contributed by atoms with E-state index in [0.29, 0.717) is 28.1 Å². The summed E-state index contributed by atoms with van der Waals surface area (Å²) in [4.78, 5) is 12.4. The van der Waals surface area contributed by atoms with Gasteiger partial charge in [-0.05, 0) is 60.7 Å². The second-order valence-electron chi connectivity index (χ2n) is 5.81. The summed E-state index contributed by atoms with van der Waals surface area (Å²) in [6, 6.07) is 3.39. The molecule has 1 aliphatic carbocycles. The fourth-order valence-corrected chi connectivity index (χ4v) is 3.31. The van der Waals surface area contributed by atoms with Crippen LogP contribution in [0.2, 0.25) is 0 Å². The Balaban J connectivity index is 2.10. The molecule has 0 heterocycles. The van der Waals surface area contributed by atoms with Gasteiger partial charge in [0.25, 0.3) is 5.91 Å². The lowest BCUT2D eigenvalue weighted by Crippen LogP contribution is -2.20. The molecule has 0 aliphatic heterocycles. The lowest BCUT2D eigenvalue weighted by atomic mass is 9.99. The summed E-state index contributed by atoms with van der Waals surface area (Å²) in [7, 11) is 1.56. The number of benzene rings is 1. The SMILES string of the molecule is CCOc1c(Br)cc(C(=O)NN=C2CCCCCCC2)cc1OC. The molecule has 0 saturated heterocycles. The molecule has 6 heteroatoms. The van der Waals surface area contributed by atoms with Crippen LogP contribution in [0.25, 0.3) is 0 Å². The van der Waals surface area contributed by atoms with Crippen LogP contribution in [0.5, 0.6) is 11.5 Å². The molecule has 0 bridgehead atoms. The lowest BCUT2D eigenvalue weighted by molar-refractivity contribution is 0.0954. The van der Waals surface area contributed by atoms with Crippen LogP contribution in [-0.4, -0.2) is 25.3 Å². The minimum atomic E-state index is -0.244. The first-order valence-corrected chi connectivity index (χ1v) is 9.31. The maximum absolute atomic E-state index is 12.4. The Labute approximate surface area is 151 Å². The molecule has 1 aliphatic rings. The highest BCUT2D eigenvalue weighted by molar-refractivity contribution is 9.10. The molecule has 0 spiro atoms. The van der Waals surface area contributed by atoms with Crippen LogP contribution in [0.3, 0.4) is 0 Å². The summed E-state index contributed by atoms with van der Waals surface area (Å²) in [5, 5.41) is 4.33. The Kier molecular flexibility index (Phi) is 7.56. The quantitative estimate of drug-likeness (QED) is 0.734. The Morgan fingerprint density at radius 2 is 1.88 bits per heavy atom. The summed E-state index contributed by atoms with van der Waals surface area (Å²) in [6.45, 7) is 2.42. The maximum Gasteiger partial charge on any atom is 0.271 e. The van der Waals surface area contributed by atoms with Crippen molar-refractivity contribution in [2.75, 3.05) is 13.7 Å². The molecular formula is C18H25BrN2O3. The van der Waals surface area contributed by atoms with Crippen molar-refractivity contribution in [1.29, 1.82) is 0 Å². The maximum atomic E-state index is 12.4. The van der Waals surface area contributed by atoms with Crippen molar-refractivity contribution in [2.24, 2.45) is 5.10 Å². The van der Waals surface area contributed by atoms with E-state index in [0.717, 1.165) is 31.4 Å². The molecule has 0 unspecified atom stereocenters. The number of halogens is 1. The summed E-state index contributed by atoms with van der Waals surface area (Å²) in [6.07, 6.45) is 8.03. The van der Waals surface area contributed by atoms with Gasteiger partial charge in [0, 0.05) is 11.3 Å². The Hall–Kier alpha value is -1.56. The van der Waals surface area contributed by atoms with Crippen LogP contribution in [0, 0.1) is 0 Å². The minimum absolute atomic E-state index is 0.244. The Morgan fingerprint density at radius 3 is 2.50 bits per heavy atom. The monoisotopic (exact) mass is 396 g/mol. The zero-order valence-corrected chi connectivity index (χ0v) is 15.9. The normalized spacial score (nSPS) is 15.2. The molecule has 1 aromatic rings. The van der Waals surface area contributed by atoms with E-state index in [2.05, 4.69) is 26.5 Å². The fraction of sp³-hybridized carbons (Fsp3) is 0.556. The fourth-order valence-electron chi connectivity index (χ4n) is 2.75. The first-order chi connectivity index (χ1) is 11.7. The molecule has 1 fully saturated rings. The summed E-state index contributed by atoms with van der Waals surface area (Å²) in [5.41, 5.74) is 4.25. The average molecular weight is 397 g/mol. The van der Waals surface area contributed by atoms with Crippen molar-refractivity contribution in [3.8, 4) is 11.5 Å². The van der Waals surface area contributed by atoms with Gasteiger partial charge >= 0.3 is 0 Å². The number of nitrogens with one attached hydrogen (secondary N) is 1. The van der Waals surface area contributed by atoms with E-state index in [1.165, 1.54) is 19.3 Å². The van der Waals surface area contributed by atoms with E-state index >= 15 is 0 Å². The minimum Gasteiger partial charge on any atom is -0.493 e. The number of carbonyl (C=O) groups excluding carboxylic acids is 1. The van der Waals surface area contributed by atoms with Gasteiger partial charge in [-0.15, -0.1) is 0 Å². The number of carbonyl (C=O) groups is 1. The van der Waals surface area contributed by atoms with Crippen molar-refractivity contribution in [3.63, 3.8) is 0 Å². The standard InChI is InChI=1S/C18H25BrN2O3/c1-3-24-17-15(19)11-13(12-16(17)23-2)18(22)21-20-14-9-7-5-4-6-8-10-14/h11-12H,3-10H2,1-2H3,(H,21,22). The van der Waals surface area contributed by atoms with E-state index < -0.39 is 0 Å². The molecule has 2 rings (SSSR count). The number of ether oxygens (including phenoxy) is 2. The van der Waals surface area contributed by atoms with Crippen molar-refractivity contribution in [1.82, 2.24) is 5.43 Å². The number of rotatable bonds is 5. The van der Waals surface area contributed by atoms with Gasteiger partial charge in [0.1, 0.15) is 0 Å². The summed E-state index contributed by atoms with van der Waals surface area (Å²) < 4.78 is 11.6. The highest BCUT2D eigenvalue weighted by atomic mass is 79.9. The van der Waals surface area contributed by atoms with Gasteiger partial charge < -0.3 is 9.47 Å². The van der Waals surface area contributed by atoms with E-state index in [1.807, 2.05) is 6.92 Å². The highest BCUT2D eigenvalue weighted by Crippen LogP contribution is 2.36. The van der Waals surface area contributed by atoms with Crippen molar-refractivity contribution < 1.29 is 14.3 Å². The number of hydrazone groups is 1. The molecule has 0 radical (unpaired) electrons. The van der Waals surface area contributed by atoms with Crippen LogP contribution < -0.4 is 14.9 Å². The van der Waals surface area contributed by atoms with Crippen LogP contribution in [-0.2, 0) is 0 Å². The predicted octanol–water partition coefficient (Wildman–Crippen LogP) is 4.69. The third kappa shape index (κ3) is 5.23. The average Bonchev–Trinajstić information content (AvgIpc) is 2.55. The van der Waals surface area contributed by atoms with Gasteiger partial charge in [0.2, 0.25) is 0 Å². The van der Waals surface area contributed by atoms with Crippen LogP contribution in [0.4, 0.5) is 0 Å². The van der Waals surface area contributed by atoms with E-state index in [4.69, 9.17) is 9.47 Å². The van der Waals surface area contributed by atoms with Crippen molar-refractivity contribution >= 4 is 27.5 Å². The van der Waals surface area contributed by atoms with Gasteiger partial charge in [-0.2, -0.15) is 5.10 Å². The topological polar surface area (TPSA) is 59.9 Å². The van der Waals surface area contributed by atoms with Crippen molar-refractivity contribution in [2.45, 2.75) is 51.9 Å². The molecule has 1 saturated carbocycles. The molecule has 1 amide bonds. The third-order valence-electron chi connectivity index (χ3n) is 4.03. The number of methoxy groups -OCH3 is 1. The van der Waals surface area contributed by atoms with Gasteiger partial charge in [0.05, 0.1) is 18.2 Å². The van der Waals surface area contributed by atoms with Crippen molar-refractivity contribution in [3.05, 3.63) is 22.2 Å². The summed E-state index contributed by atoms with van der Waals surface area (Å²) in [5.74, 6) is 0.879. The molecule has 24 heavy (non-hydrogen) atoms. The largest absolute Gasteiger partial charge is 0.493 e. The predicted molar refractivity (Wildman–Crippen MR) is 99.1 cm³/mol. The van der Waals surface area contributed by atoms with Crippen LogP contribution in [0.1, 0.15) is 62.2 Å². The summed E-state index contributed by atoms with van der Waals surface area (Å²) >= 11 is 3.43. The van der Waals surface area contributed by atoms with E-state index in [9.17, 15) is 4.79 Å². The number of hydrogen-bond donors (Lipinski definition) is 1. The molecule has 1 aromatic carbocycles. The first kappa shape index (κ1) is 18.8. The highest BCUT2D eigenvalue weighted by Gasteiger charge is 2.15. The first-order valence-electron chi connectivity index (χ1n) is 8.51. The number of nitrogens with zero attached hydrogens (tertiary/aromatic N) is 1. The Bertz CT molecular complexity index is 592. The Morgan fingerprint density at radius 1 is 1.21 bits per heavy atom. The molecular weight excluding hydrogens is 372 g/mol. The molecule has 1 N–H and O–H groups in total. The van der Waals surface area contributed by atoms with Gasteiger partial charge in [0.15, 0.2) is 11.5 Å². The zero-order chi connectivity index (χ0) is 17.4. The van der Waals surface area contributed by atoms with Gasteiger partial charge in [-0.3, -0.25) is 4.79 Å². The lowest BCUT2D eigenvalue weighted by Gasteiger charge is -2.13. The van der Waals surface area contributed by atoms with Gasteiger partial charge in [-0.1, -0.05) is 19.3 Å². The molecule has 132 valence electrons. The number of amides is 1. The second-order valence-corrected chi connectivity index (χ2v) is 6.66. The third-order valence-corrected chi connectivity index (χ3v) is 4.62.